The van der Waals surface area contributed by atoms with Crippen LogP contribution in [-0.2, 0) is 6.54 Å². The van der Waals surface area contributed by atoms with Gasteiger partial charge in [-0.1, -0.05) is 17.7 Å². The molecule has 18 heavy (non-hydrogen) atoms. The van der Waals surface area contributed by atoms with Crippen LogP contribution in [0.4, 0.5) is 4.39 Å². The zero-order valence-electron chi connectivity index (χ0n) is 10.3. The van der Waals surface area contributed by atoms with Crippen molar-refractivity contribution in [2.75, 3.05) is 6.54 Å². The van der Waals surface area contributed by atoms with Gasteiger partial charge in [0.25, 0.3) is 0 Å². The van der Waals surface area contributed by atoms with Crippen molar-refractivity contribution >= 4 is 17.6 Å². The Bertz CT molecular complexity index is 444. The largest absolute Gasteiger partial charge is 0.357 e. The lowest BCUT2D eigenvalue weighted by Gasteiger charge is -2.10. The second-order valence-corrected chi connectivity index (χ2v) is 4.77. The number of halogens is 2. The minimum Gasteiger partial charge on any atom is -0.357 e. The minimum atomic E-state index is -0.396. The van der Waals surface area contributed by atoms with Crippen molar-refractivity contribution in [3.8, 4) is 0 Å². The second kappa shape index (κ2) is 6.05. The number of guanidine groups is 1. The molecule has 0 aliphatic heterocycles. The Morgan fingerprint density at radius 3 is 2.89 bits per heavy atom. The van der Waals surface area contributed by atoms with Crippen LogP contribution in [0.3, 0.4) is 0 Å². The van der Waals surface area contributed by atoms with E-state index in [4.69, 9.17) is 11.6 Å². The average Bonchev–Trinajstić information content (AvgIpc) is 3.14. The molecule has 1 aromatic rings. The quantitative estimate of drug-likeness (QED) is 0.651. The Hall–Kier alpha value is -1.29. The van der Waals surface area contributed by atoms with Gasteiger partial charge in [0.2, 0.25) is 0 Å². The van der Waals surface area contributed by atoms with Crippen molar-refractivity contribution in [3.05, 3.63) is 34.6 Å². The zero-order valence-corrected chi connectivity index (χ0v) is 11.1. The number of rotatable bonds is 4. The summed E-state index contributed by atoms with van der Waals surface area (Å²) in [6, 6.07) is 5.24. The highest BCUT2D eigenvalue weighted by molar-refractivity contribution is 6.30. The van der Waals surface area contributed by atoms with Gasteiger partial charge in [-0.05, 0) is 37.5 Å². The van der Waals surface area contributed by atoms with Crippen molar-refractivity contribution in [1.82, 2.24) is 10.6 Å². The van der Waals surface area contributed by atoms with E-state index in [9.17, 15) is 4.39 Å². The number of nitrogens with one attached hydrogen (secondary N) is 2. The number of hydrogen-bond donors (Lipinski definition) is 2. The molecule has 0 atom stereocenters. The van der Waals surface area contributed by atoms with E-state index in [0.717, 1.165) is 18.1 Å². The lowest BCUT2D eigenvalue weighted by molar-refractivity contribution is 0.627. The maximum atomic E-state index is 13.0. The molecule has 0 aromatic heterocycles. The number of nitrogens with zero attached hydrogens (tertiary/aromatic N) is 1. The summed E-state index contributed by atoms with van der Waals surface area (Å²) in [5, 5.41) is 6.64. The molecule has 1 aromatic carbocycles. The predicted molar refractivity (Wildman–Crippen MR) is 72.4 cm³/mol. The number of aliphatic imine (C=N–C) groups is 1. The van der Waals surface area contributed by atoms with Crippen LogP contribution in [0.2, 0.25) is 5.02 Å². The standard InChI is InChI=1S/C13H17ClFN3/c1-2-16-13(18-10-4-5-10)17-8-9-3-6-12(15)11(14)7-9/h3,6-7,10H,2,4-5,8H2,1H3,(H2,16,17,18). The van der Waals surface area contributed by atoms with E-state index in [2.05, 4.69) is 15.6 Å². The maximum Gasteiger partial charge on any atom is 0.191 e. The van der Waals surface area contributed by atoms with Crippen LogP contribution in [0.15, 0.2) is 23.2 Å². The number of hydrogen-bond acceptors (Lipinski definition) is 1. The van der Waals surface area contributed by atoms with Gasteiger partial charge >= 0.3 is 0 Å². The first-order chi connectivity index (χ1) is 8.69. The maximum absolute atomic E-state index is 13.0. The first-order valence-corrected chi connectivity index (χ1v) is 6.55. The fraction of sp³-hybridized carbons (Fsp3) is 0.462. The van der Waals surface area contributed by atoms with Crippen LogP contribution in [0.25, 0.3) is 0 Å². The third-order valence-electron chi connectivity index (χ3n) is 2.67. The van der Waals surface area contributed by atoms with Gasteiger partial charge in [0, 0.05) is 12.6 Å². The molecule has 1 aliphatic carbocycles. The molecule has 1 saturated carbocycles. The van der Waals surface area contributed by atoms with Gasteiger partial charge in [0.1, 0.15) is 5.82 Å². The Morgan fingerprint density at radius 2 is 2.28 bits per heavy atom. The van der Waals surface area contributed by atoms with Crippen molar-refractivity contribution in [1.29, 1.82) is 0 Å². The summed E-state index contributed by atoms with van der Waals surface area (Å²) in [5.41, 5.74) is 0.898. The van der Waals surface area contributed by atoms with E-state index in [1.54, 1.807) is 12.1 Å². The fourth-order valence-corrected chi connectivity index (χ4v) is 1.75. The van der Waals surface area contributed by atoms with Gasteiger partial charge in [0.05, 0.1) is 11.6 Å². The van der Waals surface area contributed by atoms with E-state index in [1.165, 1.54) is 18.9 Å². The molecule has 0 spiro atoms. The highest BCUT2D eigenvalue weighted by atomic mass is 35.5. The van der Waals surface area contributed by atoms with Crippen LogP contribution in [0, 0.1) is 5.82 Å². The first-order valence-electron chi connectivity index (χ1n) is 6.18. The minimum absolute atomic E-state index is 0.142. The van der Waals surface area contributed by atoms with Crippen molar-refractivity contribution in [3.63, 3.8) is 0 Å². The third kappa shape index (κ3) is 3.88. The van der Waals surface area contributed by atoms with Gasteiger partial charge in [-0.25, -0.2) is 9.38 Å². The summed E-state index contributed by atoms with van der Waals surface area (Å²) < 4.78 is 13.0. The summed E-state index contributed by atoms with van der Waals surface area (Å²) in [6.07, 6.45) is 2.40. The van der Waals surface area contributed by atoms with Gasteiger partial charge in [-0.15, -0.1) is 0 Å². The smallest absolute Gasteiger partial charge is 0.191 e. The molecule has 98 valence electrons. The third-order valence-corrected chi connectivity index (χ3v) is 2.96. The Morgan fingerprint density at radius 1 is 1.50 bits per heavy atom. The monoisotopic (exact) mass is 269 g/mol. The Kier molecular flexibility index (Phi) is 4.42. The normalized spacial score (nSPS) is 15.6. The van der Waals surface area contributed by atoms with Crippen LogP contribution < -0.4 is 10.6 Å². The highest BCUT2D eigenvalue weighted by Gasteiger charge is 2.21. The molecule has 3 nitrogen and oxygen atoms in total. The Balaban J connectivity index is 1.98. The van der Waals surface area contributed by atoms with Gasteiger partial charge < -0.3 is 10.6 Å². The Labute approximate surface area is 111 Å². The zero-order chi connectivity index (χ0) is 13.0. The number of benzene rings is 1. The molecule has 0 amide bonds. The first kappa shape index (κ1) is 13.1. The van der Waals surface area contributed by atoms with E-state index in [0.29, 0.717) is 12.6 Å². The molecule has 0 saturated heterocycles. The van der Waals surface area contributed by atoms with E-state index in [1.807, 2.05) is 6.92 Å². The molecule has 5 heteroatoms. The molecular weight excluding hydrogens is 253 g/mol. The van der Waals surface area contributed by atoms with Crippen LogP contribution in [0.5, 0.6) is 0 Å². The van der Waals surface area contributed by atoms with Gasteiger partial charge in [-0.3, -0.25) is 0 Å². The van der Waals surface area contributed by atoms with Crippen molar-refractivity contribution < 1.29 is 4.39 Å². The molecule has 2 N–H and O–H groups in total. The summed E-state index contributed by atoms with van der Waals surface area (Å²) in [4.78, 5) is 4.45. The fourth-order valence-electron chi connectivity index (χ4n) is 1.55. The van der Waals surface area contributed by atoms with Crippen molar-refractivity contribution in [2.45, 2.75) is 32.4 Å². The van der Waals surface area contributed by atoms with Crippen LogP contribution in [0.1, 0.15) is 25.3 Å². The molecule has 0 heterocycles. The summed E-state index contributed by atoms with van der Waals surface area (Å²) in [6.45, 7) is 3.34. The topological polar surface area (TPSA) is 36.4 Å². The molecule has 0 bridgehead atoms. The van der Waals surface area contributed by atoms with E-state index in [-0.39, 0.29) is 5.02 Å². The lowest BCUT2D eigenvalue weighted by atomic mass is 10.2. The van der Waals surface area contributed by atoms with Gasteiger partial charge in [0.15, 0.2) is 5.96 Å². The average molecular weight is 270 g/mol. The van der Waals surface area contributed by atoms with Crippen LogP contribution in [-0.4, -0.2) is 18.5 Å². The van der Waals surface area contributed by atoms with Crippen molar-refractivity contribution in [2.24, 2.45) is 4.99 Å². The summed E-state index contributed by atoms with van der Waals surface area (Å²) >= 11 is 5.73. The van der Waals surface area contributed by atoms with Crippen LogP contribution >= 0.6 is 11.6 Å². The molecule has 0 radical (unpaired) electrons. The predicted octanol–water partition coefficient (Wildman–Crippen LogP) is 2.70. The lowest BCUT2D eigenvalue weighted by Crippen LogP contribution is -2.38. The van der Waals surface area contributed by atoms with Gasteiger partial charge in [-0.2, -0.15) is 0 Å². The molecule has 1 fully saturated rings. The van der Waals surface area contributed by atoms with E-state index < -0.39 is 5.82 Å². The van der Waals surface area contributed by atoms with E-state index >= 15 is 0 Å². The summed E-state index contributed by atoms with van der Waals surface area (Å²) in [5.74, 6) is 0.410. The SMILES string of the molecule is CCNC(=NCc1ccc(F)c(Cl)c1)NC1CC1. The molecule has 0 unspecified atom stereocenters. The molecule has 2 rings (SSSR count). The highest BCUT2D eigenvalue weighted by Crippen LogP contribution is 2.19. The second-order valence-electron chi connectivity index (χ2n) is 4.36. The summed E-state index contributed by atoms with van der Waals surface area (Å²) in [7, 11) is 0. The molecule has 1 aliphatic rings. The molecular formula is C13H17ClFN3.